The van der Waals surface area contributed by atoms with Crippen LogP contribution in [0.2, 0.25) is 5.02 Å². The number of aliphatic hydroxyl groups is 1. The molecule has 1 aromatic rings. The van der Waals surface area contributed by atoms with E-state index in [2.05, 4.69) is 5.32 Å². The molecule has 1 aromatic carbocycles. The second kappa shape index (κ2) is 10.7. The van der Waals surface area contributed by atoms with Gasteiger partial charge in [-0.1, -0.05) is 11.6 Å². The van der Waals surface area contributed by atoms with E-state index >= 15 is 0 Å². The smallest absolute Gasteiger partial charge is 0.408 e. The van der Waals surface area contributed by atoms with Gasteiger partial charge >= 0.3 is 18.0 Å². The van der Waals surface area contributed by atoms with Gasteiger partial charge < -0.3 is 24.6 Å². The van der Waals surface area contributed by atoms with Gasteiger partial charge in [-0.15, -0.1) is 11.8 Å². The summed E-state index contributed by atoms with van der Waals surface area (Å²) >= 11 is 7.18. The fourth-order valence-corrected chi connectivity index (χ4v) is 6.58. The summed E-state index contributed by atoms with van der Waals surface area (Å²) in [6, 6.07) is 4.21. The molecule has 0 aromatic heterocycles. The molecule has 0 radical (unpaired) electrons. The van der Waals surface area contributed by atoms with E-state index in [1.807, 2.05) is 0 Å². The van der Waals surface area contributed by atoms with E-state index in [4.69, 9.17) is 25.8 Å². The number of carbonyl (C=O) groups is 3. The first kappa shape index (κ1) is 31.5. The highest BCUT2D eigenvalue weighted by Crippen LogP contribution is 2.66. The van der Waals surface area contributed by atoms with Gasteiger partial charge in [0.25, 0.3) is 0 Å². The number of amides is 1. The van der Waals surface area contributed by atoms with Gasteiger partial charge in [0.15, 0.2) is 5.54 Å². The topological polar surface area (TPSA) is 111 Å². The minimum Gasteiger partial charge on any atom is -0.460 e. The van der Waals surface area contributed by atoms with Crippen LogP contribution in [0.1, 0.15) is 62.3 Å². The maximum atomic E-state index is 14.0. The van der Waals surface area contributed by atoms with Crippen molar-refractivity contribution >= 4 is 41.4 Å². The van der Waals surface area contributed by atoms with Gasteiger partial charge in [0.1, 0.15) is 22.6 Å². The zero-order valence-electron chi connectivity index (χ0n) is 23.9. The van der Waals surface area contributed by atoms with Crippen molar-refractivity contribution in [2.45, 2.75) is 95.7 Å². The van der Waals surface area contributed by atoms with E-state index in [9.17, 15) is 23.9 Å². The Balaban J connectivity index is 2.05. The third-order valence-corrected chi connectivity index (χ3v) is 7.84. The summed E-state index contributed by atoms with van der Waals surface area (Å²) in [4.78, 5) is 40.9. The molecular formula is C28H39ClFNO7S. The number of benzene rings is 1. The number of hydrogen-bond donors (Lipinski definition) is 2. The van der Waals surface area contributed by atoms with Gasteiger partial charge in [-0.25, -0.2) is 14.0 Å². The van der Waals surface area contributed by atoms with Gasteiger partial charge in [-0.2, -0.15) is 0 Å². The fraction of sp³-hybridized carbons (Fsp3) is 0.679. The summed E-state index contributed by atoms with van der Waals surface area (Å²) in [5.74, 6) is -4.92. The molecule has 218 valence electrons. The lowest BCUT2D eigenvalue weighted by Crippen LogP contribution is -2.64. The number of fused-ring (bicyclic) bond motifs is 1. The third kappa shape index (κ3) is 7.19. The number of alkyl carbamates (subject to hydrolysis) is 1. The van der Waals surface area contributed by atoms with Crippen LogP contribution in [0, 0.1) is 29.5 Å². The van der Waals surface area contributed by atoms with Gasteiger partial charge in [-0.3, -0.25) is 4.79 Å². The molecule has 11 heteroatoms. The zero-order chi connectivity index (χ0) is 29.7. The lowest BCUT2D eigenvalue weighted by atomic mass is 9.80. The maximum absolute atomic E-state index is 14.0. The van der Waals surface area contributed by atoms with Gasteiger partial charge in [0.05, 0.1) is 17.0 Å². The zero-order valence-corrected chi connectivity index (χ0v) is 25.5. The number of thioether (sulfide) groups is 1. The summed E-state index contributed by atoms with van der Waals surface area (Å²) < 4.78 is 30.6. The monoisotopic (exact) mass is 587 g/mol. The number of carbonyl (C=O) groups excluding carboxylic acids is 3. The predicted molar refractivity (Wildman–Crippen MR) is 146 cm³/mol. The molecule has 0 aliphatic heterocycles. The highest BCUT2D eigenvalue weighted by molar-refractivity contribution is 7.99. The van der Waals surface area contributed by atoms with Crippen LogP contribution in [0.4, 0.5) is 9.18 Å². The minimum absolute atomic E-state index is 0.0647. The molecule has 39 heavy (non-hydrogen) atoms. The van der Waals surface area contributed by atoms with Crippen LogP contribution >= 0.6 is 23.4 Å². The Morgan fingerprint density at radius 2 is 1.56 bits per heavy atom. The molecule has 0 unspecified atom stereocenters. The lowest BCUT2D eigenvalue weighted by molar-refractivity contribution is -0.169. The average Bonchev–Trinajstić information content (AvgIpc) is 3.42. The Hall–Kier alpha value is -2.04. The number of halogens is 2. The molecule has 6 atom stereocenters. The molecule has 1 amide bonds. The molecule has 0 bridgehead atoms. The highest BCUT2D eigenvalue weighted by Gasteiger charge is 2.80. The second-order valence-electron chi connectivity index (χ2n) is 13.1. The van der Waals surface area contributed by atoms with E-state index < -0.39 is 76.0 Å². The molecule has 2 aliphatic carbocycles. The standard InChI is InChI=1S/C28H39ClFNO7S/c1-25(2,3)36-22(33)19-18-20(19)28(23(34)37-26(4,5)6,31-24(35)38-27(7,8)9)15(21(18)32)13-39-14-10-11-17(30)16(29)12-14/h10-12,15,18-21,32H,13H2,1-9H3,(H,31,35)/t15-,18+,19+,20+,21-,28+/m1/s1. The Morgan fingerprint density at radius 3 is 2.08 bits per heavy atom. The Labute approximate surface area is 238 Å². The molecule has 2 aliphatic rings. The van der Waals surface area contributed by atoms with Gasteiger partial charge in [0.2, 0.25) is 0 Å². The Kier molecular flexibility index (Phi) is 8.67. The van der Waals surface area contributed by atoms with E-state index in [0.717, 1.165) is 0 Å². The third-order valence-electron chi connectivity index (χ3n) is 6.44. The largest absolute Gasteiger partial charge is 0.460 e. The number of esters is 2. The molecule has 2 N–H and O–H groups in total. The summed E-state index contributed by atoms with van der Waals surface area (Å²) in [6.07, 6.45) is -2.03. The van der Waals surface area contributed by atoms with Crippen molar-refractivity contribution in [3.63, 3.8) is 0 Å². The summed E-state index contributed by atoms with van der Waals surface area (Å²) in [5.41, 5.74) is -4.39. The van der Waals surface area contributed by atoms with Crippen molar-refractivity contribution in [3.8, 4) is 0 Å². The summed E-state index contributed by atoms with van der Waals surface area (Å²) in [7, 11) is 0. The number of hydrogen-bond acceptors (Lipinski definition) is 8. The molecule has 0 saturated heterocycles. The van der Waals surface area contributed by atoms with Crippen molar-refractivity contribution < 1.29 is 38.1 Å². The van der Waals surface area contributed by atoms with E-state index in [1.54, 1.807) is 62.3 Å². The predicted octanol–water partition coefficient (Wildman–Crippen LogP) is 5.37. The number of ether oxygens (including phenoxy) is 3. The van der Waals surface area contributed by atoms with E-state index in [1.165, 1.54) is 30.0 Å². The molecule has 3 rings (SSSR count). The number of aliphatic hydroxyl groups excluding tert-OH is 1. The van der Waals surface area contributed by atoms with Crippen LogP contribution in [-0.2, 0) is 23.8 Å². The SMILES string of the molecule is CC(C)(C)OC(=O)N[C@]1(C(=O)OC(C)(C)C)[C@@H]2[C@@H](C(=O)OC(C)(C)C)[C@@H]2[C@H](O)[C@H]1CSc1ccc(F)c(Cl)c1. The van der Waals surface area contributed by atoms with Gasteiger partial charge in [0, 0.05) is 28.4 Å². The van der Waals surface area contributed by atoms with Crippen LogP contribution in [-0.4, -0.2) is 57.3 Å². The van der Waals surface area contributed by atoms with Crippen molar-refractivity contribution in [3.05, 3.63) is 29.0 Å². The maximum Gasteiger partial charge on any atom is 0.408 e. The first-order valence-electron chi connectivity index (χ1n) is 12.9. The molecule has 8 nitrogen and oxygen atoms in total. The first-order chi connectivity index (χ1) is 17.7. The molecule has 2 saturated carbocycles. The van der Waals surface area contributed by atoms with Crippen LogP contribution in [0.15, 0.2) is 23.1 Å². The van der Waals surface area contributed by atoms with Crippen molar-refractivity contribution in [2.75, 3.05) is 5.75 Å². The van der Waals surface area contributed by atoms with Crippen LogP contribution in [0.3, 0.4) is 0 Å². The summed E-state index contributed by atoms with van der Waals surface area (Å²) in [5, 5.41) is 14.2. The average molecular weight is 588 g/mol. The summed E-state index contributed by atoms with van der Waals surface area (Å²) in [6.45, 7) is 15.3. The van der Waals surface area contributed by atoms with Crippen molar-refractivity contribution in [2.24, 2.45) is 23.7 Å². The highest BCUT2D eigenvalue weighted by atomic mass is 35.5. The number of nitrogens with one attached hydrogen (secondary N) is 1. The van der Waals surface area contributed by atoms with E-state index in [0.29, 0.717) is 4.90 Å². The Bertz CT molecular complexity index is 1130. The Morgan fingerprint density at radius 1 is 1.00 bits per heavy atom. The van der Waals surface area contributed by atoms with Crippen molar-refractivity contribution in [1.82, 2.24) is 5.32 Å². The molecular weight excluding hydrogens is 549 g/mol. The van der Waals surface area contributed by atoms with Crippen molar-refractivity contribution in [1.29, 1.82) is 0 Å². The molecule has 2 fully saturated rings. The number of rotatable bonds is 6. The fourth-order valence-electron chi connectivity index (χ4n) is 5.14. The minimum atomic E-state index is -1.79. The van der Waals surface area contributed by atoms with Gasteiger partial charge in [-0.05, 0) is 80.5 Å². The second-order valence-corrected chi connectivity index (χ2v) is 14.6. The molecule has 0 spiro atoms. The van der Waals surface area contributed by atoms with E-state index in [-0.39, 0.29) is 10.8 Å². The van der Waals surface area contributed by atoms with Crippen LogP contribution < -0.4 is 5.32 Å². The lowest BCUT2D eigenvalue weighted by Gasteiger charge is -2.40. The van der Waals surface area contributed by atoms with Crippen LogP contribution in [0.25, 0.3) is 0 Å². The molecule has 0 heterocycles. The normalized spacial score (nSPS) is 28.4. The quantitative estimate of drug-likeness (QED) is 0.260. The van der Waals surface area contributed by atoms with Crippen LogP contribution in [0.5, 0.6) is 0 Å². The first-order valence-corrected chi connectivity index (χ1v) is 14.3.